The third-order valence-corrected chi connectivity index (χ3v) is 4.47. The highest BCUT2D eigenvalue weighted by molar-refractivity contribution is 6.30. The first-order valence-corrected chi connectivity index (χ1v) is 8.17. The average Bonchev–Trinajstić information content (AvgIpc) is 2.56. The Kier molecular flexibility index (Phi) is 5.13. The van der Waals surface area contributed by atoms with Gasteiger partial charge in [-0.2, -0.15) is 13.2 Å². The molecule has 1 fully saturated rings. The number of piperazine rings is 1. The molecule has 2 aromatic rings. The second kappa shape index (κ2) is 7.13. The van der Waals surface area contributed by atoms with E-state index in [1.165, 1.54) is 0 Å². The van der Waals surface area contributed by atoms with Gasteiger partial charge in [0.25, 0.3) is 0 Å². The minimum absolute atomic E-state index is 0.0293. The minimum atomic E-state index is -4.21. The van der Waals surface area contributed by atoms with Crippen LogP contribution in [0.25, 0.3) is 11.1 Å². The van der Waals surface area contributed by atoms with Crippen LogP contribution in [0.15, 0.2) is 48.5 Å². The maximum absolute atomic E-state index is 12.9. The molecule has 0 aromatic heterocycles. The van der Waals surface area contributed by atoms with Crippen LogP contribution >= 0.6 is 11.6 Å². The molecule has 1 aliphatic rings. The number of benzene rings is 2. The molecular formula is C18H18ClF3N2. The molecule has 1 aliphatic heterocycles. The summed E-state index contributed by atoms with van der Waals surface area (Å²) in [5.41, 5.74) is 3.05. The molecule has 128 valence electrons. The first-order valence-electron chi connectivity index (χ1n) is 7.80. The van der Waals surface area contributed by atoms with Gasteiger partial charge < -0.3 is 5.32 Å². The average molecular weight is 355 g/mol. The summed E-state index contributed by atoms with van der Waals surface area (Å²) in [6, 6.07) is 13.8. The predicted molar refractivity (Wildman–Crippen MR) is 90.0 cm³/mol. The van der Waals surface area contributed by atoms with Crippen molar-refractivity contribution in [1.82, 2.24) is 10.2 Å². The Hall–Kier alpha value is -1.56. The van der Waals surface area contributed by atoms with E-state index in [1.807, 2.05) is 53.4 Å². The fourth-order valence-electron chi connectivity index (χ4n) is 2.98. The SMILES string of the molecule is FC(F)(F)C1CN(Cc2ccccc2-c2ccc(Cl)cc2)CCN1. The lowest BCUT2D eigenvalue weighted by Crippen LogP contribution is -2.56. The molecule has 1 heterocycles. The molecule has 0 bridgehead atoms. The van der Waals surface area contributed by atoms with Crippen molar-refractivity contribution < 1.29 is 13.2 Å². The molecule has 0 aliphatic carbocycles. The van der Waals surface area contributed by atoms with Crippen molar-refractivity contribution in [2.45, 2.75) is 18.8 Å². The van der Waals surface area contributed by atoms with Crippen molar-refractivity contribution in [3.05, 3.63) is 59.1 Å². The third kappa shape index (κ3) is 4.09. The number of halogens is 4. The van der Waals surface area contributed by atoms with E-state index >= 15 is 0 Å². The van der Waals surface area contributed by atoms with Crippen LogP contribution in [0.5, 0.6) is 0 Å². The van der Waals surface area contributed by atoms with Crippen LogP contribution in [-0.2, 0) is 6.54 Å². The molecule has 0 radical (unpaired) electrons. The van der Waals surface area contributed by atoms with Crippen LogP contribution in [0.2, 0.25) is 5.02 Å². The summed E-state index contributed by atoms with van der Waals surface area (Å²) in [5.74, 6) is 0. The molecule has 1 saturated heterocycles. The van der Waals surface area contributed by atoms with Gasteiger partial charge in [0, 0.05) is 31.2 Å². The maximum atomic E-state index is 12.9. The predicted octanol–water partition coefficient (Wildman–Crippen LogP) is 4.34. The van der Waals surface area contributed by atoms with E-state index in [2.05, 4.69) is 5.32 Å². The van der Waals surface area contributed by atoms with Crippen LogP contribution in [0.1, 0.15) is 5.56 Å². The van der Waals surface area contributed by atoms with E-state index in [4.69, 9.17) is 11.6 Å². The number of nitrogens with zero attached hydrogens (tertiary/aromatic N) is 1. The fourth-order valence-corrected chi connectivity index (χ4v) is 3.11. The van der Waals surface area contributed by atoms with Crippen LogP contribution in [0, 0.1) is 0 Å². The van der Waals surface area contributed by atoms with E-state index in [-0.39, 0.29) is 6.54 Å². The molecule has 0 saturated carbocycles. The van der Waals surface area contributed by atoms with Gasteiger partial charge in [0.15, 0.2) is 0 Å². The Morgan fingerprint density at radius 3 is 2.50 bits per heavy atom. The van der Waals surface area contributed by atoms with E-state index in [1.54, 1.807) is 0 Å². The lowest BCUT2D eigenvalue weighted by atomic mass is 9.99. The second-order valence-corrected chi connectivity index (χ2v) is 6.38. The van der Waals surface area contributed by atoms with Crippen molar-refractivity contribution in [3.63, 3.8) is 0 Å². The zero-order chi connectivity index (χ0) is 17.2. The number of hydrogen-bond acceptors (Lipinski definition) is 2. The molecule has 1 unspecified atom stereocenters. The molecule has 2 aromatic carbocycles. The van der Waals surface area contributed by atoms with E-state index in [0.717, 1.165) is 16.7 Å². The molecule has 0 spiro atoms. The van der Waals surface area contributed by atoms with E-state index < -0.39 is 12.2 Å². The molecule has 24 heavy (non-hydrogen) atoms. The summed E-state index contributed by atoms with van der Waals surface area (Å²) < 4.78 is 38.8. The van der Waals surface area contributed by atoms with Crippen molar-refractivity contribution in [1.29, 1.82) is 0 Å². The molecule has 6 heteroatoms. The zero-order valence-corrected chi connectivity index (χ0v) is 13.7. The Labute approximate surface area is 144 Å². The fraction of sp³-hybridized carbons (Fsp3) is 0.333. The molecular weight excluding hydrogens is 337 g/mol. The summed E-state index contributed by atoms with van der Waals surface area (Å²) in [5, 5.41) is 3.20. The summed E-state index contributed by atoms with van der Waals surface area (Å²) in [6.07, 6.45) is -4.21. The Morgan fingerprint density at radius 2 is 1.79 bits per heavy atom. The van der Waals surface area contributed by atoms with Gasteiger partial charge >= 0.3 is 6.18 Å². The van der Waals surface area contributed by atoms with Gasteiger partial charge in [-0.15, -0.1) is 0 Å². The van der Waals surface area contributed by atoms with Crippen molar-refractivity contribution in [3.8, 4) is 11.1 Å². The number of alkyl halides is 3. The van der Waals surface area contributed by atoms with Gasteiger partial charge in [0.1, 0.15) is 6.04 Å². The Morgan fingerprint density at radius 1 is 1.08 bits per heavy atom. The van der Waals surface area contributed by atoms with Crippen LogP contribution in [0.3, 0.4) is 0 Å². The smallest absolute Gasteiger partial charge is 0.304 e. The maximum Gasteiger partial charge on any atom is 0.405 e. The highest BCUT2D eigenvalue weighted by atomic mass is 35.5. The van der Waals surface area contributed by atoms with Gasteiger partial charge in [-0.05, 0) is 28.8 Å². The summed E-state index contributed by atoms with van der Waals surface area (Å²) in [6.45, 7) is 1.40. The van der Waals surface area contributed by atoms with Crippen molar-refractivity contribution in [2.24, 2.45) is 0 Å². The van der Waals surface area contributed by atoms with Crippen molar-refractivity contribution >= 4 is 11.6 Å². The molecule has 0 amide bonds. The first kappa shape index (κ1) is 17.3. The number of hydrogen-bond donors (Lipinski definition) is 1. The lowest BCUT2D eigenvalue weighted by molar-refractivity contribution is -0.165. The normalized spacial score (nSPS) is 19.4. The van der Waals surface area contributed by atoms with Gasteiger partial charge in [-0.1, -0.05) is 48.0 Å². The van der Waals surface area contributed by atoms with Crippen molar-refractivity contribution in [2.75, 3.05) is 19.6 Å². The summed E-state index contributed by atoms with van der Waals surface area (Å²) >= 11 is 5.93. The second-order valence-electron chi connectivity index (χ2n) is 5.95. The Balaban J connectivity index is 1.79. The summed E-state index contributed by atoms with van der Waals surface area (Å²) in [4.78, 5) is 1.85. The molecule has 2 nitrogen and oxygen atoms in total. The van der Waals surface area contributed by atoms with Crippen LogP contribution in [-0.4, -0.2) is 36.8 Å². The topological polar surface area (TPSA) is 15.3 Å². The van der Waals surface area contributed by atoms with Gasteiger partial charge in [0.05, 0.1) is 0 Å². The van der Waals surface area contributed by atoms with Crippen LogP contribution in [0.4, 0.5) is 13.2 Å². The van der Waals surface area contributed by atoms with Gasteiger partial charge in [0.2, 0.25) is 0 Å². The van der Waals surface area contributed by atoms with E-state index in [0.29, 0.717) is 24.7 Å². The standard InChI is InChI=1S/C18H18ClF3N2/c19-15-7-5-13(6-8-15)16-4-2-1-3-14(16)11-24-10-9-23-17(12-24)18(20,21)22/h1-8,17,23H,9-12H2. The molecule has 3 rings (SSSR count). The minimum Gasteiger partial charge on any atom is -0.304 e. The molecule has 1 atom stereocenters. The third-order valence-electron chi connectivity index (χ3n) is 4.22. The quantitative estimate of drug-likeness (QED) is 0.882. The van der Waals surface area contributed by atoms with Gasteiger partial charge in [-0.25, -0.2) is 0 Å². The highest BCUT2D eigenvalue weighted by Crippen LogP contribution is 2.28. The van der Waals surface area contributed by atoms with Gasteiger partial charge in [-0.3, -0.25) is 4.90 Å². The Bertz CT molecular complexity index is 685. The molecule has 1 N–H and O–H groups in total. The largest absolute Gasteiger partial charge is 0.405 e. The monoisotopic (exact) mass is 354 g/mol. The zero-order valence-electron chi connectivity index (χ0n) is 13.0. The lowest BCUT2D eigenvalue weighted by Gasteiger charge is -2.35. The van der Waals surface area contributed by atoms with E-state index in [9.17, 15) is 13.2 Å². The first-order chi connectivity index (χ1) is 11.4. The number of rotatable bonds is 3. The van der Waals surface area contributed by atoms with Crippen LogP contribution < -0.4 is 5.32 Å². The highest BCUT2D eigenvalue weighted by Gasteiger charge is 2.41. The summed E-state index contributed by atoms with van der Waals surface area (Å²) in [7, 11) is 0. The number of nitrogens with one attached hydrogen (secondary N) is 1.